The van der Waals surface area contributed by atoms with Crippen molar-refractivity contribution in [2.24, 2.45) is 0 Å². The van der Waals surface area contributed by atoms with Crippen molar-refractivity contribution in [2.75, 3.05) is 0 Å². The van der Waals surface area contributed by atoms with Crippen molar-refractivity contribution < 1.29 is 0 Å². The minimum absolute atomic E-state index is 1.16. The highest BCUT2D eigenvalue weighted by atomic mass is 32.1. The molecule has 0 rings (SSSR count). The molecule has 0 aliphatic carbocycles. The van der Waals surface area contributed by atoms with Gasteiger partial charge in [0.2, 0.25) is 0 Å². The van der Waals surface area contributed by atoms with Crippen LogP contribution in [0.25, 0.3) is 0 Å². The molecule has 0 heterocycles. The van der Waals surface area contributed by atoms with Gasteiger partial charge in [0.05, 0.1) is 0 Å². The van der Waals surface area contributed by atoms with Crippen molar-refractivity contribution in [3.8, 4) is 0 Å². The van der Waals surface area contributed by atoms with Gasteiger partial charge < -0.3 is 0 Å². The van der Waals surface area contributed by atoms with Gasteiger partial charge in [-0.15, -0.1) is 0 Å². The van der Waals surface area contributed by atoms with Crippen molar-refractivity contribution in [3.05, 3.63) is 0 Å². The monoisotopic (exact) mass is 102 g/mol. The highest BCUT2D eigenvalue weighted by Gasteiger charge is 1.52. The summed E-state index contributed by atoms with van der Waals surface area (Å²) in [6, 6.07) is 0. The van der Waals surface area contributed by atoms with E-state index in [2.05, 4.69) is 17.7 Å². The molecule has 36 valence electrons. The highest BCUT2D eigenvalue weighted by molar-refractivity contribution is 7.95. The van der Waals surface area contributed by atoms with Crippen LogP contribution in [0, 0.1) is 0 Å². The quantitative estimate of drug-likeness (QED) is 0.442. The van der Waals surface area contributed by atoms with Gasteiger partial charge in [0.15, 0.2) is 0 Å². The van der Waals surface area contributed by atoms with Gasteiger partial charge in [-0.3, -0.25) is 0 Å². The zero-order chi connectivity index (χ0) is 4.83. The molecule has 0 unspecified atom stereocenters. The Bertz CT molecular complexity index is 68.0. The average Bonchev–Trinajstić information content (AvgIpc) is 1.61. The van der Waals surface area contributed by atoms with Gasteiger partial charge in [-0.2, -0.15) is 10.9 Å². The normalized spacial score (nSPS) is 7.00. The van der Waals surface area contributed by atoms with Gasteiger partial charge in [-0.1, -0.05) is 6.92 Å². The zero-order valence-corrected chi connectivity index (χ0v) is 5.09. The van der Waals surface area contributed by atoms with Gasteiger partial charge in [0.1, 0.15) is 0 Å². The van der Waals surface area contributed by atoms with Crippen molar-refractivity contribution in [2.45, 2.75) is 20.3 Å². The Morgan fingerprint density at radius 3 is 2.50 bits per heavy atom. The van der Waals surface area contributed by atoms with Gasteiger partial charge in [-0.25, -0.2) is 0 Å². The van der Waals surface area contributed by atoms with Crippen molar-refractivity contribution in [1.29, 1.82) is 0 Å². The van der Waals surface area contributed by atoms with E-state index in [4.69, 9.17) is 0 Å². The maximum absolute atomic E-state index is 2.17. The molecule has 0 atom stereocenters. The molecule has 0 radical (unpaired) electrons. The predicted molar refractivity (Wildman–Crippen MR) is 35.7 cm³/mol. The molecule has 6 heavy (non-hydrogen) atoms. The van der Waals surface area contributed by atoms with Crippen LogP contribution in [0.4, 0.5) is 0 Å². The Balaban J connectivity index is 3.18. The molecule has 0 aromatic carbocycles. The maximum atomic E-state index is 2.17. The van der Waals surface area contributed by atoms with Crippen molar-refractivity contribution in [1.82, 2.24) is 0 Å². The Morgan fingerprint density at radius 1 is 1.67 bits per heavy atom. The summed E-state index contributed by atoms with van der Waals surface area (Å²) in [5, 5.41) is 4.24. The molecule has 0 aliphatic rings. The summed E-state index contributed by atoms with van der Waals surface area (Å²) in [5.41, 5.74) is 0. The molecule has 0 amide bonds. The smallest absolute Gasteiger partial charge is 0.0282 e. The minimum atomic E-state index is 1.16. The highest BCUT2D eigenvalue weighted by Crippen LogP contribution is 1.67. The topological polar surface area (TPSA) is 0 Å². The Labute approximate surface area is 42.7 Å². The third kappa shape index (κ3) is 3.96. The number of hydrogen-bond donors (Lipinski definition) is 0. The molecule has 0 saturated heterocycles. The average molecular weight is 102 g/mol. The van der Waals surface area contributed by atoms with E-state index in [9.17, 15) is 0 Å². The van der Waals surface area contributed by atoms with Crippen molar-refractivity contribution >= 4 is 21.7 Å². The predicted octanol–water partition coefficient (Wildman–Crippen LogP) is 1.75. The summed E-state index contributed by atoms with van der Waals surface area (Å²) < 4.78 is 0. The first-order chi connectivity index (χ1) is 2.91. The second-order valence-corrected chi connectivity index (χ2v) is 2.02. The van der Waals surface area contributed by atoms with Crippen LogP contribution in [-0.4, -0.2) is 10.7 Å². The van der Waals surface area contributed by atoms with Crippen LogP contribution in [0.1, 0.15) is 20.3 Å². The Kier molecular flexibility index (Phi) is 4.93. The summed E-state index contributed by atoms with van der Waals surface area (Å²) >= 11 is 0. The molecule has 0 bridgehead atoms. The van der Waals surface area contributed by atoms with Crippen LogP contribution in [0.2, 0.25) is 0 Å². The first-order valence-electron chi connectivity index (χ1n) is 2.16. The second-order valence-electron chi connectivity index (χ2n) is 0.947. The lowest BCUT2D eigenvalue weighted by Gasteiger charge is -1.62. The van der Waals surface area contributed by atoms with E-state index >= 15 is 0 Å². The fraction of sp³-hybridized carbons (Fsp3) is 0.600. The van der Waals surface area contributed by atoms with Crippen LogP contribution >= 0.6 is 10.9 Å². The zero-order valence-electron chi connectivity index (χ0n) is 4.27. The minimum Gasteiger partial charge on any atom is -0.162 e. The molecule has 0 fully saturated rings. The lowest BCUT2D eigenvalue weighted by atomic mass is 10.6. The largest absolute Gasteiger partial charge is 0.162 e. The maximum Gasteiger partial charge on any atom is -0.0282 e. The number of hydrogen-bond acceptors (Lipinski definition) is 0. The Hall–Kier alpha value is -0.0400. The van der Waals surface area contributed by atoms with E-state index in [-0.39, 0.29) is 0 Å². The second kappa shape index (κ2) is 4.96. The van der Waals surface area contributed by atoms with E-state index in [1.54, 1.807) is 10.9 Å². The molecule has 0 saturated carbocycles. The summed E-state index contributed by atoms with van der Waals surface area (Å²) in [5.74, 6) is 0. The fourth-order valence-electron chi connectivity index (χ4n) is 0.192. The number of rotatable bonds is 1. The van der Waals surface area contributed by atoms with E-state index in [0.717, 1.165) is 6.42 Å². The van der Waals surface area contributed by atoms with Gasteiger partial charge >= 0.3 is 0 Å². The van der Waals surface area contributed by atoms with Gasteiger partial charge in [0.25, 0.3) is 0 Å². The van der Waals surface area contributed by atoms with E-state index < -0.39 is 0 Å². The van der Waals surface area contributed by atoms with E-state index in [1.165, 1.54) is 0 Å². The molecular formula is C5H10S. The van der Waals surface area contributed by atoms with Crippen LogP contribution in [0.3, 0.4) is 0 Å². The van der Waals surface area contributed by atoms with E-state index in [1.807, 2.05) is 6.92 Å². The van der Waals surface area contributed by atoms with E-state index in [0.29, 0.717) is 0 Å². The molecule has 0 aromatic rings. The molecule has 1 heteroatoms. The molecular weight excluding hydrogens is 92.1 g/mol. The Morgan fingerprint density at radius 2 is 2.33 bits per heavy atom. The standard InChI is InChI=1S/C5H10S/c1-3-5-6-4-2/h4-5H,3H2,1-2H3. The SMILES string of the molecule is CC=S=CCC. The van der Waals surface area contributed by atoms with Crippen LogP contribution < -0.4 is 0 Å². The molecule has 0 aromatic heterocycles. The molecule has 0 spiro atoms. The fourth-order valence-corrected chi connectivity index (χ4v) is 0.577. The summed E-state index contributed by atoms with van der Waals surface area (Å²) in [4.78, 5) is 0. The van der Waals surface area contributed by atoms with Crippen LogP contribution in [0.5, 0.6) is 0 Å². The first kappa shape index (κ1) is 5.96. The molecule has 0 aliphatic heterocycles. The van der Waals surface area contributed by atoms with Crippen molar-refractivity contribution in [3.63, 3.8) is 0 Å². The lowest BCUT2D eigenvalue weighted by molar-refractivity contribution is 1.35. The molecule has 0 N–H and O–H groups in total. The third-order valence-electron chi connectivity index (χ3n) is 0.399. The summed E-state index contributed by atoms with van der Waals surface area (Å²) in [7, 11) is 1.76. The third-order valence-corrected chi connectivity index (χ3v) is 1.20. The van der Waals surface area contributed by atoms with Gasteiger partial charge in [-0.05, 0) is 24.1 Å². The first-order valence-corrected chi connectivity index (χ1v) is 3.11. The molecule has 0 nitrogen and oxygen atoms in total. The van der Waals surface area contributed by atoms with Crippen LogP contribution in [0.15, 0.2) is 0 Å². The lowest BCUT2D eigenvalue weighted by Crippen LogP contribution is -1.54. The summed E-state index contributed by atoms with van der Waals surface area (Å²) in [6.45, 7) is 4.17. The van der Waals surface area contributed by atoms with Gasteiger partial charge in [0, 0.05) is 0 Å². The summed E-state index contributed by atoms with van der Waals surface area (Å²) in [6.07, 6.45) is 1.16. The van der Waals surface area contributed by atoms with Crippen LogP contribution in [-0.2, 0) is 0 Å².